The average molecular weight is 255 g/mol. The molecule has 0 bridgehead atoms. The van der Waals surface area contributed by atoms with Gasteiger partial charge in [0.2, 0.25) is 0 Å². The molecule has 98 valence electrons. The first-order chi connectivity index (χ1) is 9.25. The lowest BCUT2D eigenvalue weighted by Crippen LogP contribution is -2.14. The van der Waals surface area contributed by atoms with E-state index in [-0.39, 0.29) is 5.75 Å². The summed E-state index contributed by atoms with van der Waals surface area (Å²) in [5.41, 5.74) is 1.75. The minimum Gasteiger partial charge on any atom is -0.507 e. The van der Waals surface area contributed by atoms with Gasteiger partial charge in [-0.05, 0) is 17.7 Å². The van der Waals surface area contributed by atoms with Gasteiger partial charge in [-0.1, -0.05) is 42.5 Å². The maximum Gasteiger partial charge on any atom is 0.124 e. The monoisotopic (exact) mass is 255 g/mol. The third kappa shape index (κ3) is 4.23. The number of aliphatic imine (C=N–C) groups is 1. The van der Waals surface area contributed by atoms with Gasteiger partial charge in [-0.3, -0.25) is 4.99 Å². The molecule has 2 aromatic carbocycles. The Kier molecular flexibility index (Phi) is 4.70. The summed E-state index contributed by atoms with van der Waals surface area (Å²) in [4.78, 5) is 4.16. The van der Waals surface area contributed by atoms with Gasteiger partial charge in [0.15, 0.2) is 0 Å². The molecular formula is C16H17NO2. The van der Waals surface area contributed by atoms with E-state index < -0.39 is 6.10 Å². The maximum absolute atomic E-state index is 9.87. The summed E-state index contributed by atoms with van der Waals surface area (Å²) in [6.07, 6.45) is 1.66. The largest absolute Gasteiger partial charge is 0.507 e. The molecule has 0 aromatic heterocycles. The van der Waals surface area contributed by atoms with Crippen LogP contribution in [0.5, 0.6) is 5.75 Å². The van der Waals surface area contributed by atoms with Crippen molar-refractivity contribution in [3.05, 3.63) is 65.7 Å². The minimum atomic E-state index is -0.510. The van der Waals surface area contributed by atoms with Crippen LogP contribution in [-0.2, 0) is 6.42 Å². The van der Waals surface area contributed by atoms with E-state index in [0.717, 1.165) is 5.56 Å². The van der Waals surface area contributed by atoms with E-state index in [1.165, 1.54) is 0 Å². The van der Waals surface area contributed by atoms with Crippen molar-refractivity contribution in [2.45, 2.75) is 12.5 Å². The summed E-state index contributed by atoms with van der Waals surface area (Å²) >= 11 is 0. The Morgan fingerprint density at radius 3 is 2.42 bits per heavy atom. The third-order valence-electron chi connectivity index (χ3n) is 2.80. The third-order valence-corrected chi connectivity index (χ3v) is 2.80. The second-order valence-electron chi connectivity index (χ2n) is 4.40. The Morgan fingerprint density at radius 2 is 1.68 bits per heavy atom. The van der Waals surface area contributed by atoms with E-state index in [9.17, 15) is 10.2 Å². The molecule has 1 unspecified atom stereocenters. The first-order valence-electron chi connectivity index (χ1n) is 6.25. The first kappa shape index (κ1) is 13.3. The van der Waals surface area contributed by atoms with E-state index in [4.69, 9.17) is 0 Å². The van der Waals surface area contributed by atoms with Crippen LogP contribution in [0.15, 0.2) is 59.6 Å². The van der Waals surface area contributed by atoms with Crippen molar-refractivity contribution >= 4 is 6.21 Å². The quantitative estimate of drug-likeness (QED) is 0.806. The van der Waals surface area contributed by atoms with Gasteiger partial charge in [0.1, 0.15) is 5.75 Å². The Morgan fingerprint density at radius 1 is 1.00 bits per heavy atom. The van der Waals surface area contributed by atoms with E-state index in [1.807, 2.05) is 36.4 Å². The van der Waals surface area contributed by atoms with Crippen molar-refractivity contribution in [2.24, 2.45) is 4.99 Å². The van der Waals surface area contributed by atoms with Crippen molar-refractivity contribution in [3.63, 3.8) is 0 Å². The summed E-state index contributed by atoms with van der Waals surface area (Å²) < 4.78 is 0. The van der Waals surface area contributed by atoms with E-state index >= 15 is 0 Å². The zero-order valence-corrected chi connectivity index (χ0v) is 10.6. The lowest BCUT2D eigenvalue weighted by atomic mass is 10.1. The van der Waals surface area contributed by atoms with Crippen LogP contribution in [0.25, 0.3) is 0 Å². The Balaban J connectivity index is 1.87. The molecule has 2 rings (SSSR count). The van der Waals surface area contributed by atoms with Crippen LogP contribution in [0.1, 0.15) is 11.1 Å². The summed E-state index contributed by atoms with van der Waals surface area (Å²) in [7, 11) is 0. The minimum absolute atomic E-state index is 0.198. The number of aromatic hydroxyl groups is 1. The number of phenolic OH excluding ortho intramolecular Hbond substituents is 1. The summed E-state index contributed by atoms with van der Waals surface area (Å²) in [6.45, 7) is 0.323. The van der Waals surface area contributed by atoms with Crippen LogP contribution in [0, 0.1) is 0 Å². The van der Waals surface area contributed by atoms with Gasteiger partial charge in [-0.15, -0.1) is 0 Å². The molecule has 1 atom stereocenters. The molecule has 0 fully saturated rings. The van der Waals surface area contributed by atoms with Crippen LogP contribution in [0.4, 0.5) is 0 Å². The predicted molar refractivity (Wildman–Crippen MR) is 76.7 cm³/mol. The fraction of sp³-hybridized carbons (Fsp3) is 0.188. The van der Waals surface area contributed by atoms with Crippen LogP contribution in [0.2, 0.25) is 0 Å². The molecule has 19 heavy (non-hydrogen) atoms. The first-order valence-corrected chi connectivity index (χ1v) is 6.25. The van der Waals surface area contributed by atoms with Gasteiger partial charge in [0, 0.05) is 18.2 Å². The molecule has 0 aliphatic carbocycles. The second-order valence-corrected chi connectivity index (χ2v) is 4.40. The van der Waals surface area contributed by atoms with Crippen LogP contribution < -0.4 is 0 Å². The highest BCUT2D eigenvalue weighted by Crippen LogP contribution is 2.12. The lowest BCUT2D eigenvalue weighted by molar-refractivity contribution is 0.184. The summed E-state index contributed by atoms with van der Waals surface area (Å²) in [5, 5.41) is 19.4. The van der Waals surface area contributed by atoms with Crippen molar-refractivity contribution in [3.8, 4) is 5.75 Å². The smallest absolute Gasteiger partial charge is 0.124 e. The van der Waals surface area contributed by atoms with Gasteiger partial charge < -0.3 is 10.2 Å². The number of aliphatic hydroxyl groups excluding tert-OH is 1. The molecule has 3 heteroatoms. The highest BCUT2D eigenvalue weighted by molar-refractivity contribution is 5.83. The van der Waals surface area contributed by atoms with Crippen LogP contribution in [-0.4, -0.2) is 29.1 Å². The van der Waals surface area contributed by atoms with Gasteiger partial charge in [0.25, 0.3) is 0 Å². The molecule has 0 radical (unpaired) electrons. The number of benzene rings is 2. The summed E-state index contributed by atoms with van der Waals surface area (Å²) in [5.74, 6) is 0.198. The Hall–Kier alpha value is -2.13. The highest BCUT2D eigenvalue weighted by Gasteiger charge is 2.03. The molecule has 2 aromatic rings. The number of aliphatic hydroxyl groups is 1. The molecule has 0 amide bonds. The number of para-hydroxylation sites is 1. The topological polar surface area (TPSA) is 52.8 Å². The molecule has 0 saturated heterocycles. The normalized spacial score (nSPS) is 12.7. The van der Waals surface area contributed by atoms with Gasteiger partial charge >= 0.3 is 0 Å². The molecule has 0 aliphatic heterocycles. The number of nitrogens with zero attached hydrogens (tertiary/aromatic N) is 1. The second kappa shape index (κ2) is 6.71. The predicted octanol–water partition coefficient (Wildman–Crippen LogP) is 2.41. The zero-order valence-electron chi connectivity index (χ0n) is 10.6. The number of phenols is 1. The van der Waals surface area contributed by atoms with Gasteiger partial charge in [0.05, 0.1) is 12.6 Å². The molecule has 0 aliphatic rings. The van der Waals surface area contributed by atoms with Crippen molar-refractivity contribution in [1.29, 1.82) is 0 Å². The SMILES string of the molecule is Oc1ccccc1C=NCC(O)Cc1ccccc1. The standard InChI is InChI=1S/C16H17NO2/c18-15(10-13-6-2-1-3-7-13)12-17-11-14-8-4-5-9-16(14)19/h1-9,11,15,18-19H,10,12H2. The molecule has 0 heterocycles. The van der Waals surface area contributed by atoms with E-state index in [0.29, 0.717) is 18.5 Å². The number of hydrogen-bond acceptors (Lipinski definition) is 3. The van der Waals surface area contributed by atoms with E-state index in [2.05, 4.69) is 4.99 Å². The molecule has 3 nitrogen and oxygen atoms in total. The summed E-state index contributed by atoms with van der Waals surface area (Å²) in [6, 6.07) is 16.8. The molecular weight excluding hydrogens is 238 g/mol. The van der Waals surface area contributed by atoms with Crippen molar-refractivity contribution in [1.82, 2.24) is 0 Å². The van der Waals surface area contributed by atoms with Crippen LogP contribution >= 0.6 is 0 Å². The Bertz CT molecular complexity index is 537. The fourth-order valence-corrected chi connectivity index (χ4v) is 1.82. The highest BCUT2D eigenvalue weighted by atomic mass is 16.3. The van der Waals surface area contributed by atoms with Gasteiger partial charge in [-0.25, -0.2) is 0 Å². The number of rotatable bonds is 5. The van der Waals surface area contributed by atoms with Crippen molar-refractivity contribution < 1.29 is 10.2 Å². The Labute approximate surface area is 112 Å². The maximum atomic E-state index is 9.87. The molecule has 2 N–H and O–H groups in total. The zero-order chi connectivity index (χ0) is 13.5. The van der Waals surface area contributed by atoms with Crippen molar-refractivity contribution in [2.75, 3.05) is 6.54 Å². The fourth-order valence-electron chi connectivity index (χ4n) is 1.82. The van der Waals surface area contributed by atoms with Crippen LogP contribution in [0.3, 0.4) is 0 Å². The lowest BCUT2D eigenvalue weighted by Gasteiger charge is -2.07. The number of hydrogen-bond donors (Lipinski definition) is 2. The van der Waals surface area contributed by atoms with Gasteiger partial charge in [-0.2, -0.15) is 0 Å². The molecule has 0 spiro atoms. The molecule has 0 saturated carbocycles. The average Bonchev–Trinajstić information content (AvgIpc) is 2.42. The van der Waals surface area contributed by atoms with E-state index in [1.54, 1.807) is 24.4 Å².